The fourth-order valence-electron chi connectivity index (χ4n) is 2.95. The minimum Gasteiger partial charge on any atom is -0.367 e. The van der Waals surface area contributed by atoms with Crippen LogP contribution in [0.4, 0.5) is 5.82 Å². The molecule has 132 valence electrons. The lowest BCUT2D eigenvalue weighted by atomic mass is 10.3. The molecule has 4 aromatic rings. The number of thiophene rings is 1. The second-order valence-electron chi connectivity index (χ2n) is 6.26. The molecule has 0 unspecified atom stereocenters. The summed E-state index contributed by atoms with van der Waals surface area (Å²) in [5, 5.41) is 27.7. The van der Waals surface area contributed by atoms with E-state index in [4.69, 9.17) is 12.2 Å². The molecule has 0 aliphatic heterocycles. The number of fused-ring (bicyclic) bond motifs is 1. The van der Waals surface area contributed by atoms with Crippen molar-refractivity contribution >= 4 is 35.0 Å². The van der Waals surface area contributed by atoms with Gasteiger partial charge in [0.15, 0.2) is 16.2 Å². The van der Waals surface area contributed by atoms with Crippen molar-refractivity contribution in [3.05, 3.63) is 39.6 Å². The number of H-pyrrole nitrogens is 1. The van der Waals surface area contributed by atoms with Crippen molar-refractivity contribution in [3.63, 3.8) is 0 Å². The van der Waals surface area contributed by atoms with E-state index in [0.717, 1.165) is 35.2 Å². The van der Waals surface area contributed by atoms with Gasteiger partial charge in [-0.1, -0.05) is 0 Å². The summed E-state index contributed by atoms with van der Waals surface area (Å²) in [6, 6.07) is 5.85. The van der Waals surface area contributed by atoms with Crippen molar-refractivity contribution < 1.29 is 0 Å². The Labute approximate surface area is 157 Å². The molecule has 26 heavy (non-hydrogen) atoms. The number of rotatable bonds is 6. The Hall–Kier alpha value is -2.59. The number of aromatic nitrogens is 7. The van der Waals surface area contributed by atoms with Crippen LogP contribution in [0.5, 0.6) is 0 Å². The summed E-state index contributed by atoms with van der Waals surface area (Å²) in [5.41, 5.74) is 1.75. The number of anilines is 1. The van der Waals surface area contributed by atoms with Crippen LogP contribution < -0.4 is 5.32 Å². The monoisotopic (exact) mass is 384 g/mol. The van der Waals surface area contributed by atoms with Crippen molar-refractivity contribution in [2.45, 2.75) is 25.3 Å². The van der Waals surface area contributed by atoms with Crippen molar-refractivity contribution in [3.8, 4) is 11.4 Å². The summed E-state index contributed by atoms with van der Waals surface area (Å²) < 4.78 is 4.52. The van der Waals surface area contributed by atoms with Crippen LogP contribution >= 0.6 is 23.6 Å². The van der Waals surface area contributed by atoms with Crippen LogP contribution in [0.1, 0.15) is 24.6 Å². The smallest absolute Gasteiger partial charge is 0.195 e. The molecule has 0 amide bonds. The van der Waals surface area contributed by atoms with Crippen molar-refractivity contribution in [2.75, 3.05) is 11.9 Å². The molecule has 4 aromatic heterocycles. The number of nitrogens with zero attached hydrogens (tertiary/aromatic N) is 6. The fourth-order valence-corrected chi connectivity index (χ4v) is 3.81. The van der Waals surface area contributed by atoms with Crippen LogP contribution in [0.15, 0.2) is 29.0 Å². The average molecular weight is 384 g/mol. The third-order valence-corrected chi connectivity index (χ3v) is 5.41. The van der Waals surface area contributed by atoms with Gasteiger partial charge in [0.2, 0.25) is 0 Å². The first kappa shape index (κ1) is 15.6. The Kier molecular flexibility index (Phi) is 3.79. The minimum atomic E-state index is 0.558. The molecule has 1 aliphatic carbocycles. The molecule has 8 nitrogen and oxygen atoms in total. The molecular weight excluding hydrogens is 368 g/mol. The molecule has 0 bridgehead atoms. The van der Waals surface area contributed by atoms with Gasteiger partial charge in [0.25, 0.3) is 0 Å². The van der Waals surface area contributed by atoms with Crippen LogP contribution in [-0.2, 0) is 6.54 Å². The van der Waals surface area contributed by atoms with E-state index in [2.05, 4.69) is 35.4 Å². The average Bonchev–Trinajstić information content (AvgIpc) is 3.05. The minimum absolute atomic E-state index is 0.558. The van der Waals surface area contributed by atoms with Gasteiger partial charge in [-0.2, -0.15) is 21.0 Å². The molecule has 2 N–H and O–H groups in total. The highest BCUT2D eigenvalue weighted by Gasteiger charge is 2.28. The van der Waals surface area contributed by atoms with Crippen LogP contribution in [0.2, 0.25) is 0 Å². The molecule has 10 heteroatoms. The van der Waals surface area contributed by atoms with E-state index in [0.29, 0.717) is 17.2 Å². The Balaban J connectivity index is 1.35. The maximum absolute atomic E-state index is 5.35. The lowest BCUT2D eigenvalue weighted by Crippen LogP contribution is -2.14. The topological polar surface area (TPSA) is 88.7 Å². The summed E-state index contributed by atoms with van der Waals surface area (Å²) >= 11 is 6.97. The highest BCUT2D eigenvalue weighted by molar-refractivity contribution is 7.71. The van der Waals surface area contributed by atoms with Crippen molar-refractivity contribution in [1.29, 1.82) is 0 Å². The van der Waals surface area contributed by atoms with E-state index < -0.39 is 0 Å². The van der Waals surface area contributed by atoms with E-state index in [-0.39, 0.29) is 0 Å². The summed E-state index contributed by atoms with van der Waals surface area (Å²) in [5.74, 6) is 3.15. The van der Waals surface area contributed by atoms with Crippen molar-refractivity contribution in [2.24, 2.45) is 0 Å². The van der Waals surface area contributed by atoms with E-state index >= 15 is 0 Å². The molecule has 0 atom stereocenters. The van der Waals surface area contributed by atoms with Crippen LogP contribution in [0.25, 0.3) is 17.0 Å². The van der Waals surface area contributed by atoms with Gasteiger partial charge in [-0.3, -0.25) is 5.10 Å². The van der Waals surface area contributed by atoms with Gasteiger partial charge < -0.3 is 9.88 Å². The SMILES string of the molecule is S=c1[nH]nc(C2CC2)n1CCNc1ccc2nnc(-c3ccsc3)n2n1. The van der Waals surface area contributed by atoms with E-state index in [1.807, 2.05) is 29.0 Å². The fraction of sp³-hybridized carbons (Fsp3) is 0.312. The van der Waals surface area contributed by atoms with Crippen molar-refractivity contribution in [1.82, 2.24) is 34.6 Å². The maximum atomic E-state index is 5.35. The summed E-state index contributed by atoms with van der Waals surface area (Å²) in [4.78, 5) is 0. The second-order valence-corrected chi connectivity index (χ2v) is 7.43. The van der Waals surface area contributed by atoms with E-state index in [1.54, 1.807) is 15.9 Å². The predicted octanol–water partition coefficient (Wildman–Crippen LogP) is 3.10. The van der Waals surface area contributed by atoms with Gasteiger partial charge in [0.1, 0.15) is 11.6 Å². The zero-order valence-corrected chi connectivity index (χ0v) is 15.4. The van der Waals surface area contributed by atoms with Crippen LogP contribution in [0, 0.1) is 4.77 Å². The molecule has 4 heterocycles. The van der Waals surface area contributed by atoms with E-state index in [9.17, 15) is 0 Å². The van der Waals surface area contributed by atoms with Gasteiger partial charge in [0.05, 0.1) is 0 Å². The highest BCUT2D eigenvalue weighted by atomic mass is 32.1. The molecule has 5 rings (SSSR count). The molecule has 0 aromatic carbocycles. The largest absolute Gasteiger partial charge is 0.367 e. The van der Waals surface area contributed by atoms with Crippen LogP contribution in [-0.4, -0.2) is 41.1 Å². The lowest BCUT2D eigenvalue weighted by molar-refractivity contribution is 0.667. The second kappa shape index (κ2) is 6.29. The Morgan fingerprint density at radius 2 is 2.19 bits per heavy atom. The quantitative estimate of drug-likeness (QED) is 0.497. The summed E-state index contributed by atoms with van der Waals surface area (Å²) in [6.07, 6.45) is 2.40. The molecule has 1 saturated carbocycles. The zero-order valence-electron chi connectivity index (χ0n) is 13.8. The molecule has 1 aliphatic rings. The Morgan fingerprint density at radius 1 is 1.27 bits per heavy atom. The first-order chi connectivity index (χ1) is 12.8. The Bertz CT molecular complexity index is 1100. The predicted molar refractivity (Wildman–Crippen MR) is 102 cm³/mol. The lowest BCUT2D eigenvalue weighted by Gasteiger charge is -2.08. The first-order valence-corrected chi connectivity index (χ1v) is 9.79. The molecule has 0 spiro atoms. The van der Waals surface area contributed by atoms with Gasteiger partial charge in [-0.25, -0.2) is 0 Å². The third-order valence-electron chi connectivity index (χ3n) is 4.41. The number of hydrogen-bond acceptors (Lipinski definition) is 7. The van der Waals surface area contributed by atoms with Gasteiger partial charge >= 0.3 is 0 Å². The molecule has 1 fully saturated rings. The van der Waals surface area contributed by atoms with Crippen LogP contribution in [0.3, 0.4) is 0 Å². The molecular formula is C16H16N8S2. The summed E-state index contributed by atoms with van der Waals surface area (Å²) in [7, 11) is 0. The van der Waals surface area contributed by atoms with E-state index in [1.165, 1.54) is 12.8 Å². The van der Waals surface area contributed by atoms with Gasteiger partial charge in [-0.05, 0) is 48.6 Å². The summed E-state index contributed by atoms with van der Waals surface area (Å²) in [6.45, 7) is 1.46. The molecule has 0 saturated heterocycles. The maximum Gasteiger partial charge on any atom is 0.195 e. The number of aromatic amines is 1. The highest BCUT2D eigenvalue weighted by Crippen LogP contribution is 2.38. The standard InChI is InChI=1S/C16H16N8S2/c25-16-21-19-14(10-1-2-10)23(16)7-6-17-12-3-4-13-18-20-15(24(13)22-12)11-5-8-26-9-11/h3-5,8-10H,1-2,6-7H2,(H,17,22)(H,21,25). The number of hydrogen-bond donors (Lipinski definition) is 2. The zero-order chi connectivity index (χ0) is 17.5. The van der Waals surface area contributed by atoms with Gasteiger partial charge in [-0.15, -0.1) is 15.3 Å². The van der Waals surface area contributed by atoms with Gasteiger partial charge in [0, 0.05) is 30.0 Å². The third kappa shape index (κ3) is 2.80. The first-order valence-electron chi connectivity index (χ1n) is 8.43. The number of nitrogens with one attached hydrogen (secondary N) is 2. The normalized spacial score (nSPS) is 14.2. The molecule has 0 radical (unpaired) electrons. The Morgan fingerprint density at radius 3 is 3.00 bits per heavy atom.